The highest BCUT2D eigenvalue weighted by molar-refractivity contribution is 5.94. The SMILES string of the molecule is CCOC(=O)Oc1ccc(C(=O)N2CCCN(C(=O)CCc3cccc(C)c3)CC2)cc1. The molecule has 2 amide bonds. The molecule has 170 valence electrons. The summed E-state index contributed by atoms with van der Waals surface area (Å²) in [4.78, 5) is 40.6. The zero-order chi connectivity index (χ0) is 22.9. The summed E-state index contributed by atoms with van der Waals surface area (Å²) in [5, 5.41) is 0. The number of carbonyl (C=O) groups is 3. The summed E-state index contributed by atoms with van der Waals surface area (Å²) in [6.45, 7) is 6.26. The maximum Gasteiger partial charge on any atom is 0.513 e. The van der Waals surface area contributed by atoms with Gasteiger partial charge in [-0.15, -0.1) is 0 Å². The molecule has 7 nitrogen and oxygen atoms in total. The molecule has 1 heterocycles. The van der Waals surface area contributed by atoms with Gasteiger partial charge in [0.25, 0.3) is 5.91 Å². The molecule has 0 N–H and O–H groups in total. The standard InChI is InChI=1S/C25H30N2O5/c1-3-31-25(30)32-22-11-9-21(10-12-22)24(29)27-15-5-14-26(16-17-27)23(28)13-8-20-7-4-6-19(2)18-20/h4,6-7,9-12,18H,3,5,8,13-17H2,1-2H3. The van der Waals surface area contributed by atoms with E-state index in [0.717, 1.165) is 12.8 Å². The van der Waals surface area contributed by atoms with Crippen LogP contribution < -0.4 is 4.74 Å². The van der Waals surface area contributed by atoms with Crippen LogP contribution in [-0.4, -0.2) is 60.6 Å². The van der Waals surface area contributed by atoms with Crippen molar-refractivity contribution in [3.63, 3.8) is 0 Å². The highest BCUT2D eigenvalue weighted by atomic mass is 16.7. The Balaban J connectivity index is 1.51. The van der Waals surface area contributed by atoms with Gasteiger partial charge in [0.15, 0.2) is 0 Å². The van der Waals surface area contributed by atoms with Gasteiger partial charge in [-0.2, -0.15) is 0 Å². The molecule has 7 heteroatoms. The predicted molar refractivity (Wildman–Crippen MR) is 121 cm³/mol. The van der Waals surface area contributed by atoms with Crippen molar-refractivity contribution in [3.05, 3.63) is 65.2 Å². The largest absolute Gasteiger partial charge is 0.513 e. The third-order valence-electron chi connectivity index (χ3n) is 5.41. The number of amides is 2. The van der Waals surface area contributed by atoms with Crippen LogP contribution >= 0.6 is 0 Å². The Labute approximate surface area is 188 Å². The molecule has 1 fully saturated rings. The summed E-state index contributed by atoms with van der Waals surface area (Å²) < 4.78 is 9.77. The van der Waals surface area contributed by atoms with E-state index in [0.29, 0.717) is 43.9 Å². The number of nitrogens with zero attached hydrogens (tertiary/aromatic N) is 2. The average molecular weight is 439 g/mol. The third kappa shape index (κ3) is 6.57. The molecule has 1 saturated heterocycles. The lowest BCUT2D eigenvalue weighted by atomic mass is 10.1. The minimum Gasteiger partial charge on any atom is -0.434 e. The van der Waals surface area contributed by atoms with Crippen LogP contribution in [0, 0.1) is 6.92 Å². The first kappa shape index (κ1) is 23.3. The van der Waals surface area contributed by atoms with E-state index in [1.165, 1.54) is 11.1 Å². The van der Waals surface area contributed by atoms with Gasteiger partial charge >= 0.3 is 6.16 Å². The molecule has 3 rings (SSSR count). The lowest BCUT2D eigenvalue weighted by Gasteiger charge is -2.22. The van der Waals surface area contributed by atoms with Gasteiger partial charge in [0.1, 0.15) is 5.75 Å². The molecule has 0 aliphatic carbocycles. The summed E-state index contributed by atoms with van der Waals surface area (Å²) in [7, 11) is 0. The van der Waals surface area contributed by atoms with E-state index in [1.807, 2.05) is 30.0 Å². The van der Waals surface area contributed by atoms with Crippen molar-refractivity contribution in [1.82, 2.24) is 9.80 Å². The van der Waals surface area contributed by atoms with Crippen molar-refractivity contribution in [2.24, 2.45) is 0 Å². The van der Waals surface area contributed by atoms with Crippen LogP contribution in [0.25, 0.3) is 0 Å². The first-order chi connectivity index (χ1) is 15.5. The second-order valence-electron chi connectivity index (χ2n) is 7.83. The van der Waals surface area contributed by atoms with Crippen molar-refractivity contribution < 1.29 is 23.9 Å². The fourth-order valence-corrected chi connectivity index (χ4v) is 3.74. The quantitative estimate of drug-likeness (QED) is 0.506. The van der Waals surface area contributed by atoms with E-state index in [9.17, 15) is 14.4 Å². The number of rotatable bonds is 6. The molecule has 1 aliphatic heterocycles. The van der Waals surface area contributed by atoms with Crippen LogP contribution in [-0.2, 0) is 16.0 Å². The molecule has 0 atom stereocenters. The van der Waals surface area contributed by atoms with Crippen LogP contribution in [0.4, 0.5) is 4.79 Å². The Morgan fingerprint density at radius 2 is 1.66 bits per heavy atom. The number of hydrogen-bond donors (Lipinski definition) is 0. The van der Waals surface area contributed by atoms with Crippen LogP contribution in [0.1, 0.15) is 41.3 Å². The van der Waals surface area contributed by atoms with Crippen LogP contribution in [0.5, 0.6) is 5.75 Å². The number of carbonyl (C=O) groups excluding carboxylic acids is 3. The normalized spacial score (nSPS) is 13.9. The Kier molecular flexibility index (Phi) is 8.25. The third-order valence-corrected chi connectivity index (χ3v) is 5.41. The van der Waals surface area contributed by atoms with Gasteiger partial charge in [-0.3, -0.25) is 9.59 Å². The van der Waals surface area contributed by atoms with Crippen LogP contribution in [0.3, 0.4) is 0 Å². The highest BCUT2D eigenvalue weighted by Crippen LogP contribution is 2.16. The fraction of sp³-hybridized carbons (Fsp3) is 0.400. The van der Waals surface area contributed by atoms with E-state index in [4.69, 9.17) is 9.47 Å². The molecule has 0 spiro atoms. The zero-order valence-electron chi connectivity index (χ0n) is 18.7. The number of aryl methyl sites for hydroxylation is 2. The van der Waals surface area contributed by atoms with E-state index in [1.54, 1.807) is 36.1 Å². The molecule has 0 bridgehead atoms. The lowest BCUT2D eigenvalue weighted by molar-refractivity contribution is -0.131. The Morgan fingerprint density at radius 1 is 0.938 bits per heavy atom. The summed E-state index contributed by atoms with van der Waals surface area (Å²) in [6.07, 6.45) is 1.16. The maximum absolute atomic E-state index is 12.9. The molecule has 0 radical (unpaired) electrons. The van der Waals surface area contributed by atoms with Gasteiger partial charge in [-0.25, -0.2) is 4.79 Å². The molecule has 0 unspecified atom stereocenters. The lowest BCUT2D eigenvalue weighted by Crippen LogP contribution is -2.37. The Bertz CT molecular complexity index is 942. The van der Waals surface area contributed by atoms with Crippen molar-refractivity contribution in [1.29, 1.82) is 0 Å². The van der Waals surface area contributed by atoms with Gasteiger partial charge < -0.3 is 19.3 Å². The second-order valence-corrected chi connectivity index (χ2v) is 7.83. The van der Waals surface area contributed by atoms with Gasteiger partial charge in [0, 0.05) is 38.2 Å². The van der Waals surface area contributed by atoms with Crippen LogP contribution in [0.2, 0.25) is 0 Å². The van der Waals surface area contributed by atoms with Gasteiger partial charge in [0.2, 0.25) is 5.91 Å². The van der Waals surface area contributed by atoms with Gasteiger partial charge in [-0.05, 0) is 56.5 Å². The minimum absolute atomic E-state index is 0.0956. The molecule has 0 aromatic heterocycles. The summed E-state index contributed by atoms with van der Waals surface area (Å²) in [5.41, 5.74) is 2.88. The number of hydrogen-bond acceptors (Lipinski definition) is 5. The number of ether oxygens (including phenoxy) is 2. The second kappa shape index (κ2) is 11.3. The Morgan fingerprint density at radius 3 is 2.38 bits per heavy atom. The van der Waals surface area contributed by atoms with E-state index in [-0.39, 0.29) is 18.4 Å². The van der Waals surface area contributed by atoms with E-state index < -0.39 is 6.16 Å². The minimum atomic E-state index is -0.772. The molecular formula is C25H30N2O5. The van der Waals surface area contributed by atoms with Gasteiger partial charge in [0.05, 0.1) is 6.61 Å². The van der Waals surface area contributed by atoms with E-state index >= 15 is 0 Å². The van der Waals surface area contributed by atoms with Crippen molar-refractivity contribution in [2.45, 2.75) is 33.1 Å². The fourth-order valence-electron chi connectivity index (χ4n) is 3.74. The molecule has 1 aliphatic rings. The molecular weight excluding hydrogens is 408 g/mol. The monoisotopic (exact) mass is 438 g/mol. The topological polar surface area (TPSA) is 76.2 Å². The molecule has 2 aromatic rings. The van der Waals surface area contributed by atoms with Crippen molar-refractivity contribution in [3.8, 4) is 5.75 Å². The molecule has 0 saturated carbocycles. The first-order valence-electron chi connectivity index (χ1n) is 11.0. The smallest absolute Gasteiger partial charge is 0.434 e. The summed E-state index contributed by atoms with van der Waals surface area (Å²) in [5.74, 6) is 0.351. The summed E-state index contributed by atoms with van der Waals surface area (Å²) in [6, 6.07) is 14.6. The zero-order valence-corrected chi connectivity index (χ0v) is 18.7. The van der Waals surface area contributed by atoms with E-state index in [2.05, 4.69) is 6.07 Å². The van der Waals surface area contributed by atoms with Gasteiger partial charge in [-0.1, -0.05) is 29.8 Å². The predicted octanol–water partition coefficient (Wildman–Crippen LogP) is 3.84. The van der Waals surface area contributed by atoms with Crippen LogP contribution in [0.15, 0.2) is 48.5 Å². The molecule has 32 heavy (non-hydrogen) atoms. The average Bonchev–Trinajstić information content (AvgIpc) is 3.04. The first-order valence-corrected chi connectivity index (χ1v) is 11.0. The highest BCUT2D eigenvalue weighted by Gasteiger charge is 2.23. The summed E-state index contributed by atoms with van der Waals surface area (Å²) >= 11 is 0. The maximum atomic E-state index is 12.9. The molecule has 2 aromatic carbocycles. The number of benzene rings is 2. The van der Waals surface area contributed by atoms with Crippen molar-refractivity contribution in [2.75, 3.05) is 32.8 Å². The van der Waals surface area contributed by atoms with Crippen molar-refractivity contribution >= 4 is 18.0 Å². The Hall–Kier alpha value is -3.35.